The fourth-order valence-electron chi connectivity index (χ4n) is 4.13. The Morgan fingerprint density at radius 3 is 2.70 bits per heavy atom. The van der Waals surface area contributed by atoms with E-state index in [0.717, 1.165) is 16.9 Å². The van der Waals surface area contributed by atoms with Crippen LogP contribution in [0.1, 0.15) is 34.5 Å². The SMILES string of the molecule is O=C1CC[C@@H](CN(Cc2ccccn2)C(=O)c2cnc3c(c2)ncn3Cc2ccccc2)N1. The van der Waals surface area contributed by atoms with Crippen molar-refractivity contribution in [1.82, 2.24) is 29.7 Å². The predicted octanol–water partition coefficient (Wildman–Crippen LogP) is 2.80. The summed E-state index contributed by atoms with van der Waals surface area (Å²) in [5.74, 6) is -0.133. The lowest BCUT2D eigenvalue weighted by Crippen LogP contribution is -2.41. The molecule has 33 heavy (non-hydrogen) atoms. The van der Waals surface area contributed by atoms with Gasteiger partial charge in [0.25, 0.3) is 5.91 Å². The standard InChI is InChI=1S/C25H24N6O2/c32-23-10-9-21(29-23)16-30(15-20-8-4-5-11-26-20)25(33)19-12-22-24(27-13-19)31(17-28-22)14-18-6-2-1-3-7-18/h1-8,11-13,17,21H,9-10,14-16H2,(H,29,32)/t21-/m0/s1. The van der Waals surface area contributed by atoms with Gasteiger partial charge in [-0.05, 0) is 30.2 Å². The van der Waals surface area contributed by atoms with E-state index >= 15 is 0 Å². The van der Waals surface area contributed by atoms with Crippen LogP contribution in [0.5, 0.6) is 0 Å². The van der Waals surface area contributed by atoms with E-state index in [1.807, 2.05) is 41.0 Å². The minimum atomic E-state index is -0.159. The number of rotatable bonds is 7. The highest BCUT2D eigenvalue weighted by Gasteiger charge is 2.26. The van der Waals surface area contributed by atoms with Crippen LogP contribution in [0, 0.1) is 0 Å². The fraction of sp³-hybridized carbons (Fsp3) is 0.240. The smallest absolute Gasteiger partial charge is 0.255 e. The zero-order valence-corrected chi connectivity index (χ0v) is 18.1. The number of aromatic nitrogens is 4. The summed E-state index contributed by atoms with van der Waals surface area (Å²) in [6.45, 7) is 1.43. The maximum absolute atomic E-state index is 13.5. The first-order chi connectivity index (χ1) is 16.2. The van der Waals surface area contributed by atoms with Gasteiger partial charge in [-0.15, -0.1) is 0 Å². The minimum absolute atomic E-state index is 0.0253. The fourth-order valence-corrected chi connectivity index (χ4v) is 4.13. The van der Waals surface area contributed by atoms with Gasteiger partial charge < -0.3 is 14.8 Å². The number of imidazole rings is 1. The highest BCUT2D eigenvalue weighted by molar-refractivity contribution is 5.96. The normalized spacial score (nSPS) is 15.5. The van der Waals surface area contributed by atoms with Crippen LogP contribution in [0.2, 0.25) is 0 Å². The molecule has 0 spiro atoms. The summed E-state index contributed by atoms with van der Waals surface area (Å²) < 4.78 is 1.97. The van der Waals surface area contributed by atoms with Crippen LogP contribution in [0.15, 0.2) is 73.3 Å². The van der Waals surface area contributed by atoms with Crippen molar-refractivity contribution in [3.8, 4) is 0 Å². The van der Waals surface area contributed by atoms with E-state index in [-0.39, 0.29) is 17.9 Å². The zero-order chi connectivity index (χ0) is 22.6. The quantitative estimate of drug-likeness (QED) is 0.477. The molecule has 3 aromatic heterocycles. The van der Waals surface area contributed by atoms with Crippen molar-refractivity contribution in [3.05, 3.63) is 90.1 Å². The summed E-state index contributed by atoms with van der Waals surface area (Å²) in [6, 6.07) is 17.5. The summed E-state index contributed by atoms with van der Waals surface area (Å²) in [6.07, 6.45) is 6.27. The Kier molecular flexibility index (Phi) is 5.80. The van der Waals surface area contributed by atoms with Gasteiger partial charge in [0.15, 0.2) is 5.65 Å². The molecule has 8 heteroatoms. The van der Waals surface area contributed by atoms with E-state index in [0.29, 0.717) is 43.6 Å². The molecule has 1 aromatic carbocycles. The molecule has 1 atom stereocenters. The van der Waals surface area contributed by atoms with Gasteiger partial charge >= 0.3 is 0 Å². The molecule has 0 aliphatic carbocycles. The number of amides is 2. The molecule has 5 rings (SSSR count). The van der Waals surface area contributed by atoms with Crippen LogP contribution in [0.4, 0.5) is 0 Å². The summed E-state index contributed by atoms with van der Waals surface area (Å²) in [7, 11) is 0. The summed E-state index contributed by atoms with van der Waals surface area (Å²) in [5.41, 5.74) is 3.81. The van der Waals surface area contributed by atoms with Crippen molar-refractivity contribution in [1.29, 1.82) is 0 Å². The van der Waals surface area contributed by atoms with E-state index in [9.17, 15) is 9.59 Å². The molecule has 4 aromatic rings. The third-order valence-electron chi connectivity index (χ3n) is 5.79. The van der Waals surface area contributed by atoms with Crippen molar-refractivity contribution in [2.24, 2.45) is 0 Å². The average Bonchev–Trinajstić information content (AvgIpc) is 3.45. The summed E-state index contributed by atoms with van der Waals surface area (Å²) in [4.78, 5) is 40.3. The highest BCUT2D eigenvalue weighted by atomic mass is 16.2. The zero-order valence-electron chi connectivity index (χ0n) is 18.1. The summed E-state index contributed by atoms with van der Waals surface area (Å²) in [5, 5.41) is 2.95. The third kappa shape index (κ3) is 4.74. The first-order valence-electron chi connectivity index (χ1n) is 11.0. The number of nitrogens with one attached hydrogen (secondary N) is 1. The molecule has 8 nitrogen and oxygen atoms in total. The van der Waals surface area contributed by atoms with Gasteiger partial charge in [0.05, 0.1) is 30.7 Å². The molecule has 166 valence electrons. The minimum Gasteiger partial charge on any atom is -0.352 e. The van der Waals surface area contributed by atoms with Gasteiger partial charge in [-0.2, -0.15) is 0 Å². The second kappa shape index (κ2) is 9.20. The Morgan fingerprint density at radius 1 is 1.09 bits per heavy atom. The predicted molar refractivity (Wildman–Crippen MR) is 123 cm³/mol. The molecular formula is C25H24N6O2. The molecule has 1 fully saturated rings. The third-order valence-corrected chi connectivity index (χ3v) is 5.79. The molecule has 4 heterocycles. The van der Waals surface area contributed by atoms with Gasteiger partial charge in [0.2, 0.25) is 5.91 Å². The molecule has 1 N–H and O–H groups in total. The lowest BCUT2D eigenvalue weighted by Gasteiger charge is -2.25. The van der Waals surface area contributed by atoms with Gasteiger partial charge in [-0.3, -0.25) is 14.6 Å². The monoisotopic (exact) mass is 440 g/mol. The van der Waals surface area contributed by atoms with E-state index in [4.69, 9.17) is 0 Å². The van der Waals surface area contributed by atoms with Crippen LogP contribution < -0.4 is 5.32 Å². The Hall–Kier alpha value is -4.07. The maximum Gasteiger partial charge on any atom is 0.255 e. The lowest BCUT2D eigenvalue weighted by molar-refractivity contribution is -0.119. The number of pyridine rings is 2. The molecule has 2 amide bonds. The first-order valence-corrected chi connectivity index (χ1v) is 11.0. The van der Waals surface area contributed by atoms with Crippen molar-refractivity contribution >= 4 is 23.0 Å². The van der Waals surface area contributed by atoms with Crippen molar-refractivity contribution < 1.29 is 9.59 Å². The lowest BCUT2D eigenvalue weighted by atomic mass is 10.1. The molecule has 0 unspecified atom stereocenters. The Bertz CT molecular complexity index is 1270. The largest absolute Gasteiger partial charge is 0.352 e. The number of hydrogen-bond donors (Lipinski definition) is 1. The molecule has 0 saturated carbocycles. The summed E-state index contributed by atoms with van der Waals surface area (Å²) >= 11 is 0. The van der Waals surface area contributed by atoms with Crippen LogP contribution in [0.25, 0.3) is 11.2 Å². The van der Waals surface area contributed by atoms with Crippen molar-refractivity contribution in [2.75, 3.05) is 6.54 Å². The van der Waals surface area contributed by atoms with Gasteiger partial charge in [0, 0.05) is 31.4 Å². The number of fused-ring (bicyclic) bond motifs is 1. The topological polar surface area (TPSA) is 93.0 Å². The number of carbonyl (C=O) groups excluding carboxylic acids is 2. The van der Waals surface area contributed by atoms with E-state index in [2.05, 4.69) is 32.4 Å². The number of carbonyl (C=O) groups is 2. The molecule has 0 radical (unpaired) electrons. The van der Waals surface area contributed by atoms with Crippen LogP contribution in [0.3, 0.4) is 0 Å². The Morgan fingerprint density at radius 2 is 1.94 bits per heavy atom. The Balaban J connectivity index is 1.39. The highest BCUT2D eigenvalue weighted by Crippen LogP contribution is 2.18. The van der Waals surface area contributed by atoms with Crippen molar-refractivity contribution in [2.45, 2.75) is 32.0 Å². The van der Waals surface area contributed by atoms with Crippen LogP contribution >= 0.6 is 0 Å². The van der Waals surface area contributed by atoms with E-state index in [1.54, 1.807) is 29.7 Å². The van der Waals surface area contributed by atoms with Gasteiger partial charge in [-0.25, -0.2) is 9.97 Å². The first kappa shape index (κ1) is 20.8. The maximum atomic E-state index is 13.5. The van der Waals surface area contributed by atoms with E-state index < -0.39 is 0 Å². The van der Waals surface area contributed by atoms with E-state index in [1.165, 1.54) is 0 Å². The van der Waals surface area contributed by atoms with Crippen molar-refractivity contribution in [3.63, 3.8) is 0 Å². The molecule has 0 bridgehead atoms. The second-order valence-corrected chi connectivity index (χ2v) is 8.23. The second-order valence-electron chi connectivity index (χ2n) is 8.23. The number of nitrogens with zero attached hydrogens (tertiary/aromatic N) is 5. The Labute approximate surface area is 191 Å². The van der Waals surface area contributed by atoms with Gasteiger partial charge in [-0.1, -0.05) is 36.4 Å². The molecule has 1 aliphatic rings. The molecule has 1 aliphatic heterocycles. The molecule has 1 saturated heterocycles. The number of benzene rings is 1. The van der Waals surface area contributed by atoms with Crippen LogP contribution in [-0.2, 0) is 17.9 Å². The van der Waals surface area contributed by atoms with Gasteiger partial charge in [0.1, 0.15) is 5.52 Å². The average molecular weight is 441 g/mol. The number of hydrogen-bond acceptors (Lipinski definition) is 5. The molecular weight excluding hydrogens is 416 g/mol. The van der Waals surface area contributed by atoms with Crippen LogP contribution in [-0.4, -0.2) is 48.8 Å².